The fraction of sp³-hybridized carbons (Fsp3) is 0.938. The number of unbranched alkanes of at least 4 members (excludes halogenated alkanes) is 1. The smallest absolute Gasteiger partial charge is 0.303 e. The second-order valence-corrected chi connectivity index (χ2v) is 5.99. The standard InChI is InChI=1S/C16H31NO2/c1-3-5-8-14(4-2)13-17-12-7-6-9-15(17)10-11-16(18)19/h14-15H,3-13H2,1-2H3,(H,18,19). The van der Waals surface area contributed by atoms with Crippen LogP contribution in [0.25, 0.3) is 0 Å². The maximum Gasteiger partial charge on any atom is 0.303 e. The average molecular weight is 269 g/mol. The van der Waals surface area contributed by atoms with Gasteiger partial charge in [0.25, 0.3) is 0 Å². The fourth-order valence-corrected chi connectivity index (χ4v) is 3.17. The SMILES string of the molecule is CCCCC(CC)CN1CCCCC1CCC(=O)O. The molecule has 0 aliphatic carbocycles. The molecule has 0 spiro atoms. The van der Waals surface area contributed by atoms with Gasteiger partial charge in [0.05, 0.1) is 0 Å². The highest BCUT2D eigenvalue weighted by atomic mass is 16.4. The molecule has 1 heterocycles. The van der Waals surface area contributed by atoms with Crippen LogP contribution in [-0.2, 0) is 4.79 Å². The first-order valence-corrected chi connectivity index (χ1v) is 8.13. The molecule has 1 aliphatic heterocycles. The highest BCUT2D eigenvalue weighted by molar-refractivity contribution is 5.66. The van der Waals surface area contributed by atoms with Gasteiger partial charge in [-0.05, 0) is 38.1 Å². The van der Waals surface area contributed by atoms with Crippen LogP contribution in [0, 0.1) is 5.92 Å². The molecular formula is C16H31NO2. The predicted octanol–water partition coefficient (Wildman–Crippen LogP) is 3.92. The summed E-state index contributed by atoms with van der Waals surface area (Å²) in [6, 6.07) is 0.514. The van der Waals surface area contributed by atoms with Gasteiger partial charge in [0.15, 0.2) is 0 Å². The van der Waals surface area contributed by atoms with Crippen molar-refractivity contribution in [2.45, 2.75) is 77.7 Å². The van der Waals surface area contributed by atoms with Crippen molar-refractivity contribution in [2.75, 3.05) is 13.1 Å². The number of aliphatic carboxylic acids is 1. The van der Waals surface area contributed by atoms with Crippen molar-refractivity contribution < 1.29 is 9.90 Å². The summed E-state index contributed by atoms with van der Waals surface area (Å²) in [6.07, 6.45) is 10.1. The van der Waals surface area contributed by atoms with Crippen LogP contribution in [0.2, 0.25) is 0 Å². The van der Waals surface area contributed by atoms with Crippen LogP contribution in [0.15, 0.2) is 0 Å². The Hall–Kier alpha value is -0.570. The monoisotopic (exact) mass is 269 g/mol. The zero-order valence-electron chi connectivity index (χ0n) is 12.7. The topological polar surface area (TPSA) is 40.5 Å². The highest BCUT2D eigenvalue weighted by Gasteiger charge is 2.24. The molecule has 2 atom stereocenters. The van der Waals surface area contributed by atoms with E-state index in [-0.39, 0.29) is 0 Å². The summed E-state index contributed by atoms with van der Waals surface area (Å²) in [6.45, 7) is 6.90. The highest BCUT2D eigenvalue weighted by Crippen LogP contribution is 2.24. The molecule has 0 aromatic rings. The number of carbonyl (C=O) groups is 1. The summed E-state index contributed by atoms with van der Waals surface area (Å²) >= 11 is 0. The summed E-state index contributed by atoms with van der Waals surface area (Å²) in [5, 5.41) is 8.86. The van der Waals surface area contributed by atoms with E-state index < -0.39 is 5.97 Å². The van der Waals surface area contributed by atoms with Gasteiger partial charge in [0.2, 0.25) is 0 Å². The molecule has 3 heteroatoms. The Morgan fingerprint density at radius 1 is 1.37 bits per heavy atom. The number of piperidine rings is 1. The van der Waals surface area contributed by atoms with Crippen LogP contribution in [0.1, 0.15) is 71.6 Å². The Balaban J connectivity index is 2.43. The Kier molecular flexibility index (Phi) is 8.11. The van der Waals surface area contributed by atoms with Crippen molar-refractivity contribution in [3.05, 3.63) is 0 Å². The van der Waals surface area contributed by atoms with E-state index in [1.54, 1.807) is 0 Å². The molecule has 0 aromatic carbocycles. The number of hydrogen-bond donors (Lipinski definition) is 1. The van der Waals surface area contributed by atoms with Crippen molar-refractivity contribution >= 4 is 5.97 Å². The van der Waals surface area contributed by atoms with Crippen LogP contribution >= 0.6 is 0 Å². The van der Waals surface area contributed by atoms with Gasteiger partial charge in [0, 0.05) is 19.0 Å². The van der Waals surface area contributed by atoms with Gasteiger partial charge in [-0.1, -0.05) is 39.5 Å². The fourth-order valence-electron chi connectivity index (χ4n) is 3.17. The maximum absolute atomic E-state index is 10.7. The normalized spacial score (nSPS) is 22.3. The molecule has 3 nitrogen and oxygen atoms in total. The van der Waals surface area contributed by atoms with Gasteiger partial charge in [-0.15, -0.1) is 0 Å². The first kappa shape index (κ1) is 16.5. The van der Waals surface area contributed by atoms with Gasteiger partial charge < -0.3 is 10.0 Å². The molecule has 0 saturated carbocycles. The van der Waals surface area contributed by atoms with E-state index in [0.717, 1.165) is 12.3 Å². The molecular weight excluding hydrogens is 238 g/mol. The largest absolute Gasteiger partial charge is 0.481 e. The number of rotatable bonds is 9. The van der Waals surface area contributed by atoms with Gasteiger partial charge in [-0.3, -0.25) is 4.79 Å². The van der Waals surface area contributed by atoms with Crippen molar-refractivity contribution in [1.82, 2.24) is 4.90 Å². The number of hydrogen-bond acceptors (Lipinski definition) is 2. The molecule has 1 aliphatic rings. The van der Waals surface area contributed by atoms with Crippen molar-refractivity contribution in [2.24, 2.45) is 5.92 Å². The zero-order valence-corrected chi connectivity index (χ0v) is 12.7. The predicted molar refractivity (Wildman–Crippen MR) is 79.4 cm³/mol. The Labute approximate surface area is 118 Å². The minimum atomic E-state index is -0.649. The Bertz CT molecular complexity index is 255. The number of carboxylic acid groups (broad SMARTS) is 1. The van der Waals surface area contributed by atoms with E-state index in [9.17, 15) is 4.79 Å². The first-order valence-electron chi connectivity index (χ1n) is 8.13. The van der Waals surface area contributed by atoms with Crippen molar-refractivity contribution in [3.63, 3.8) is 0 Å². The molecule has 1 rings (SSSR count). The van der Waals surface area contributed by atoms with Crippen LogP contribution in [-0.4, -0.2) is 35.1 Å². The van der Waals surface area contributed by atoms with Crippen molar-refractivity contribution in [3.8, 4) is 0 Å². The van der Waals surface area contributed by atoms with Crippen LogP contribution in [0.5, 0.6) is 0 Å². The summed E-state index contributed by atoms with van der Waals surface area (Å²) in [5.41, 5.74) is 0. The maximum atomic E-state index is 10.7. The van der Waals surface area contributed by atoms with E-state index in [1.807, 2.05) is 0 Å². The summed E-state index contributed by atoms with van der Waals surface area (Å²) in [5.74, 6) is 0.147. The lowest BCUT2D eigenvalue weighted by Crippen LogP contribution is -2.42. The van der Waals surface area contributed by atoms with Crippen LogP contribution in [0.3, 0.4) is 0 Å². The molecule has 0 radical (unpaired) electrons. The molecule has 1 saturated heterocycles. The third-order valence-corrected chi connectivity index (χ3v) is 4.48. The lowest BCUT2D eigenvalue weighted by atomic mass is 9.93. The third-order valence-electron chi connectivity index (χ3n) is 4.48. The van der Waals surface area contributed by atoms with E-state index in [4.69, 9.17) is 5.11 Å². The molecule has 1 N–H and O–H groups in total. The summed E-state index contributed by atoms with van der Waals surface area (Å²) in [4.78, 5) is 13.3. The van der Waals surface area contributed by atoms with Gasteiger partial charge in [0.1, 0.15) is 0 Å². The third kappa shape index (κ3) is 6.42. The minimum Gasteiger partial charge on any atom is -0.481 e. The quantitative estimate of drug-likeness (QED) is 0.689. The Morgan fingerprint density at radius 2 is 2.16 bits per heavy atom. The average Bonchev–Trinajstić information content (AvgIpc) is 2.42. The molecule has 0 amide bonds. The lowest BCUT2D eigenvalue weighted by molar-refractivity contribution is -0.137. The van der Waals surface area contributed by atoms with E-state index in [2.05, 4.69) is 18.7 Å². The van der Waals surface area contributed by atoms with Gasteiger partial charge in [-0.25, -0.2) is 0 Å². The van der Waals surface area contributed by atoms with Gasteiger partial charge in [-0.2, -0.15) is 0 Å². The van der Waals surface area contributed by atoms with E-state index in [1.165, 1.54) is 58.0 Å². The molecule has 0 aromatic heterocycles. The molecule has 2 unspecified atom stereocenters. The number of nitrogens with zero attached hydrogens (tertiary/aromatic N) is 1. The summed E-state index contributed by atoms with van der Waals surface area (Å²) in [7, 11) is 0. The Morgan fingerprint density at radius 3 is 2.79 bits per heavy atom. The minimum absolute atomic E-state index is 0.326. The number of likely N-dealkylation sites (tertiary alicyclic amines) is 1. The molecule has 0 bridgehead atoms. The molecule has 19 heavy (non-hydrogen) atoms. The van der Waals surface area contributed by atoms with Crippen LogP contribution in [0.4, 0.5) is 0 Å². The number of carboxylic acids is 1. The zero-order chi connectivity index (χ0) is 14.1. The van der Waals surface area contributed by atoms with Crippen molar-refractivity contribution in [1.29, 1.82) is 0 Å². The molecule has 1 fully saturated rings. The van der Waals surface area contributed by atoms with Gasteiger partial charge >= 0.3 is 5.97 Å². The van der Waals surface area contributed by atoms with E-state index >= 15 is 0 Å². The van der Waals surface area contributed by atoms with Crippen LogP contribution < -0.4 is 0 Å². The second-order valence-electron chi connectivity index (χ2n) is 5.99. The second kappa shape index (κ2) is 9.35. The first-order chi connectivity index (χ1) is 9.17. The lowest BCUT2D eigenvalue weighted by Gasteiger charge is -2.37. The van der Waals surface area contributed by atoms with E-state index in [0.29, 0.717) is 12.5 Å². The molecule has 112 valence electrons. The summed E-state index contributed by atoms with van der Waals surface area (Å²) < 4.78 is 0.